The van der Waals surface area contributed by atoms with Crippen molar-refractivity contribution in [3.05, 3.63) is 51.5 Å². The van der Waals surface area contributed by atoms with E-state index >= 15 is 0 Å². The number of thiazole rings is 1. The first-order valence-corrected chi connectivity index (χ1v) is 8.99. The first-order valence-electron chi connectivity index (χ1n) is 8.18. The van der Waals surface area contributed by atoms with Crippen LogP contribution in [0.15, 0.2) is 35.5 Å². The van der Waals surface area contributed by atoms with Crippen molar-refractivity contribution in [2.45, 2.75) is 46.7 Å². The predicted octanol–water partition coefficient (Wildman–Crippen LogP) is 4.45. The van der Waals surface area contributed by atoms with Crippen LogP contribution in [-0.2, 0) is 13.0 Å². The third kappa shape index (κ3) is 6.05. The Morgan fingerprint density at radius 3 is 2.67 bits per heavy atom. The lowest BCUT2D eigenvalue weighted by Crippen LogP contribution is -2.38. The van der Waals surface area contributed by atoms with Crippen LogP contribution in [0.3, 0.4) is 0 Å². The summed E-state index contributed by atoms with van der Waals surface area (Å²) in [6.45, 7) is 9.97. The number of hydrogen-bond acceptors (Lipinski definition) is 3. The van der Waals surface area contributed by atoms with Crippen molar-refractivity contribution < 1.29 is 0 Å². The molecule has 0 fully saturated rings. The number of guanidine groups is 1. The topological polar surface area (TPSA) is 49.3 Å². The molecule has 0 radical (unpaired) electrons. The SMILES string of the molecule is CCNC(=NCc1ncc(CC)s1)NC(C)c1ccccc1C.I. The third-order valence-corrected chi connectivity index (χ3v) is 4.80. The van der Waals surface area contributed by atoms with Crippen molar-refractivity contribution in [2.24, 2.45) is 4.99 Å². The molecule has 0 bridgehead atoms. The van der Waals surface area contributed by atoms with Crippen LogP contribution in [0.2, 0.25) is 0 Å². The van der Waals surface area contributed by atoms with E-state index < -0.39 is 0 Å². The average molecular weight is 458 g/mol. The van der Waals surface area contributed by atoms with Crippen LogP contribution in [-0.4, -0.2) is 17.5 Å². The first kappa shape index (κ1) is 20.9. The molecule has 1 atom stereocenters. The lowest BCUT2D eigenvalue weighted by atomic mass is 10.0. The van der Waals surface area contributed by atoms with Gasteiger partial charge in [-0.3, -0.25) is 0 Å². The Labute approximate surface area is 166 Å². The van der Waals surface area contributed by atoms with Crippen LogP contribution in [0, 0.1) is 6.92 Å². The van der Waals surface area contributed by atoms with E-state index in [1.165, 1.54) is 16.0 Å². The summed E-state index contributed by atoms with van der Waals surface area (Å²) in [4.78, 5) is 10.4. The lowest BCUT2D eigenvalue weighted by molar-refractivity contribution is 0.682. The average Bonchev–Trinajstić information content (AvgIpc) is 3.01. The summed E-state index contributed by atoms with van der Waals surface area (Å²) >= 11 is 1.74. The van der Waals surface area contributed by atoms with E-state index in [1.54, 1.807) is 11.3 Å². The summed E-state index contributed by atoms with van der Waals surface area (Å²) in [6, 6.07) is 8.64. The zero-order valence-corrected chi connectivity index (χ0v) is 17.9. The van der Waals surface area contributed by atoms with Crippen molar-refractivity contribution >= 4 is 41.3 Å². The molecule has 0 spiro atoms. The van der Waals surface area contributed by atoms with Gasteiger partial charge in [0.25, 0.3) is 0 Å². The molecule has 0 saturated carbocycles. The summed E-state index contributed by atoms with van der Waals surface area (Å²) in [6.07, 6.45) is 2.98. The van der Waals surface area contributed by atoms with Crippen LogP contribution in [0.5, 0.6) is 0 Å². The van der Waals surface area contributed by atoms with E-state index in [1.807, 2.05) is 6.20 Å². The van der Waals surface area contributed by atoms with Crippen molar-refractivity contribution in [1.29, 1.82) is 0 Å². The van der Waals surface area contributed by atoms with Gasteiger partial charge in [0.15, 0.2) is 5.96 Å². The van der Waals surface area contributed by atoms with E-state index in [4.69, 9.17) is 0 Å². The molecule has 1 unspecified atom stereocenters. The van der Waals surface area contributed by atoms with Gasteiger partial charge in [0, 0.05) is 17.6 Å². The molecule has 24 heavy (non-hydrogen) atoms. The quantitative estimate of drug-likeness (QED) is 0.382. The molecule has 0 amide bonds. The van der Waals surface area contributed by atoms with Gasteiger partial charge in [-0.15, -0.1) is 35.3 Å². The van der Waals surface area contributed by atoms with Gasteiger partial charge in [-0.1, -0.05) is 31.2 Å². The zero-order chi connectivity index (χ0) is 16.7. The van der Waals surface area contributed by atoms with Gasteiger partial charge in [-0.05, 0) is 38.3 Å². The van der Waals surface area contributed by atoms with Crippen LogP contribution in [0.25, 0.3) is 0 Å². The summed E-state index contributed by atoms with van der Waals surface area (Å²) in [5, 5.41) is 7.85. The minimum Gasteiger partial charge on any atom is -0.357 e. The van der Waals surface area contributed by atoms with E-state index in [2.05, 4.69) is 72.6 Å². The summed E-state index contributed by atoms with van der Waals surface area (Å²) in [5.74, 6) is 0.830. The van der Waals surface area contributed by atoms with Gasteiger partial charge in [-0.25, -0.2) is 9.98 Å². The van der Waals surface area contributed by atoms with Crippen LogP contribution in [0.4, 0.5) is 0 Å². The minimum absolute atomic E-state index is 0. The fourth-order valence-electron chi connectivity index (χ4n) is 2.41. The fourth-order valence-corrected chi connectivity index (χ4v) is 3.19. The highest BCUT2D eigenvalue weighted by atomic mass is 127. The Bertz CT molecular complexity index is 654. The predicted molar refractivity (Wildman–Crippen MR) is 114 cm³/mol. The minimum atomic E-state index is 0. The van der Waals surface area contributed by atoms with Gasteiger partial charge in [0.2, 0.25) is 0 Å². The number of aliphatic imine (C=N–C) groups is 1. The molecule has 1 heterocycles. The van der Waals surface area contributed by atoms with Gasteiger partial charge in [-0.2, -0.15) is 0 Å². The van der Waals surface area contributed by atoms with E-state index in [9.17, 15) is 0 Å². The Morgan fingerprint density at radius 2 is 2.04 bits per heavy atom. The van der Waals surface area contributed by atoms with E-state index in [0.717, 1.165) is 23.9 Å². The van der Waals surface area contributed by atoms with Gasteiger partial charge >= 0.3 is 0 Å². The Hall–Kier alpha value is -1.15. The molecule has 132 valence electrons. The molecule has 0 aliphatic heterocycles. The van der Waals surface area contributed by atoms with E-state index in [0.29, 0.717) is 6.54 Å². The molecule has 0 aliphatic rings. The van der Waals surface area contributed by atoms with Gasteiger partial charge in [0.1, 0.15) is 5.01 Å². The molecular formula is C18H27IN4S. The number of benzene rings is 1. The number of nitrogens with one attached hydrogen (secondary N) is 2. The molecule has 2 rings (SSSR count). The van der Waals surface area contributed by atoms with E-state index in [-0.39, 0.29) is 30.0 Å². The van der Waals surface area contributed by atoms with Crippen LogP contribution < -0.4 is 10.6 Å². The van der Waals surface area contributed by atoms with Crippen LogP contribution in [0.1, 0.15) is 47.8 Å². The van der Waals surface area contributed by atoms with Crippen molar-refractivity contribution in [1.82, 2.24) is 15.6 Å². The standard InChI is InChI=1S/C18H26N4S.HI/c1-5-15-11-20-17(23-15)12-21-18(19-6-2)22-14(4)16-10-8-7-9-13(16)3;/h7-11,14H,5-6,12H2,1-4H3,(H2,19,21,22);1H. The van der Waals surface area contributed by atoms with Gasteiger partial charge in [0.05, 0.1) is 12.6 Å². The maximum Gasteiger partial charge on any atom is 0.192 e. The number of halogens is 1. The fraction of sp³-hybridized carbons (Fsp3) is 0.444. The second kappa shape index (κ2) is 10.7. The lowest BCUT2D eigenvalue weighted by Gasteiger charge is -2.19. The maximum absolute atomic E-state index is 4.67. The second-order valence-corrected chi connectivity index (χ2v) is 6.69. The molecule has 2 N–H and O–H groups in total. The number of nitrogens with zero attached hydrogens (tertiary/aromatic N) is 2. The number of aromatic nitrogens is 1. The second-order valence-electron chi connectivity index (χ2n) is 5.49. The highest BCUT2D eigenvalue weighted by Crippen LogP contribution is 2.17. The Balaban J connectivity index is 0.00000288. The highest BCUT2D eigenvalue weighted by molar-refractivity contribution is 14.0. The summed E-state index contributed by atoms with van der Waals surface area (Å²) in [7, 11) is 0. The molecule has 0 saturated heterocycles. The van der Waals surface area contributed by atoms with Crippen molar-refractivity contribution in [3.8, 4) is 0 Å². The molecule has 4 nitrogen and oxygen atoms in total. The number of aryl methyl sites for hydroxylation is 2. The summed E-state index contributed by atoms with van der Waals surface area (Å²) < 4.78 is 0. The molecule has 0 aliphatic carbocycles. The Kier molecular flexibility index (Phi) is 9.28. The number of hydrogen-bond donors (Lipinski definition) is 2. The zero-order valence-electron chi connectivity index (χ0n) is 14.8. The molecule has 6 heteroatoms. The third-order valence-electron chi connectivity index (χ3n) is 3.67. The smallest absolute Gasteiger partial charge is 0.192 e. The molecule has 1 aromatic heterocycles. The van der Waals surface area contributed by atoms with Crippen molar-refractivity contribution in [3.63, 3.8) is 0 Å². The normalized spacial score (nSPS) is 12.4. The van der Waals surface area contributed by atoms with Crippen molar-refractivity contribution in [2.75, 3.05) is 6.54 Å². The largest absolute Gasteiger partial charge is 0.357 e. The Morgan fingerprint density at radius 1 is 1.29 bits per heavy atom. The van der Waals surface area contributed by atoms with Crippen LogP contribution >= 0.6 is 35.3 Å². The highest BCUT2D eigenvalue weighted by Gasteiger charge is 2.10. The monoisotopic (exact) mass is 458 g/mol. The maximum atomic E-state index is 4.67. The first-order chi connectivity index (χ1) is 11.1. The molecular weight excluding hydrogens is 431 g/mol. The summed E-state index contributed by atoms with van der Waals surface area (Å²) in [5.41, 5.74) is 2.58. The molecule has 2 aromatic rings. The molecule has 1 aromatic carbocycles. The number of rotatable bonds is 6. The van der Waals surface area contributed by atoms with Gasteiger partial charge < -0.3 is 10.6 Å².